The fourth-order valence-corrected chi connectivity index (χ4v) is 2.59. The van der Waals surface area contributed by atoms with Gasteiger partial charge in [-0.2, -0.15) is 0 Å². The van der Waals surface area contributed by atoms with Crippen LogP contribution in [0.2, 0.25) is 0 Å². The molecule has 0 aliphatic rings. The Bertz CT molecular complexity index is 410. The number of nitrogens with one attached hydrogen (secondary N) is 1. The van der Waals surface area contributed by atoms with E-state index in [-0.39, 0.29) is 18.7 Å². The smallest absolute Gasteiger partial charge is 0.304 e. The van der Waals surface area contributed by atoms with Crippen LogP contribution in [0.25, 0.3) is 0 Å². The minimum Gasteiger partial charge on any atom is -0.481 e. The molecule has 0 fully saturated rings. The zero-order chi connectivity index (χ0) is 11.3. The van der Waals surface area contributed by atoms with Crippen LogP contribution in [-0.2, 0) is 21.4 Å². The van der Waals surface area contributed by atoms with E-state index in [0.29, 0.717) is 0 Å². The Balaban J connectivity index is 2.40. The van der Waals surface area contributed by atoms with E-state index < -0.39 is 16.0 Å². The van der Waals surface area contributed by atoms with Crippen molar-refractivity contribution in [3.05, 3.63) is 22.4 Å². The van der Waals surface area contributed by atoms with E-state index in [0.717, 1.165) is 4.88 Å². The van der Waals surface area contributed by atoms with Crippen molar-refractivity contribution in [1.82, 2.24) is 4.72 Å². The van der Waals surface area contributed by atoms with E-state index in [1.165, 1.54) is 11.3 Å². The van der Waals surface area contributed by atoms with Crippen LogP contribution in [0.1, 0.15) is 11.3 Å². The number of hydrogen-bond donors (Lipinski definition) is 2. The van der Waals surface area contributed by atoms with E-state index in [9.17, 15) is 13.2 Å². The van der Waals surface area contributed by atoms with Crippen LogP contribution >= 0.6 is 11.3 Å². The number of sulfonamides is 1. The lowest BCUT2D eigenvalue weighted by Crippen LogP contribution is -2.26. The van der Waals surface area contributed by atoms with Crippen LogP contribution in [0, 0.1) is 0 Å². The van der Waals surface area contributed by atoms with Gasteiger partial charge in [-0.1, -0.05) is 6.07 Å². The summed E-state index contributed by atoms with van der Waals surface area (Å²) in [6.07, 6.45) is -0.375. The number of rotatable bonds is 6. The van der Waals surface area contributed by atoms with Crippen molar-refractivity contribution in [3.63, 3.8) is 0 Å². The van der Waals surface area contributed by atoms with Crippen molar-refractivity contribution in [2.75, 3.05) is 5.75 Å². The molecule has 0 aliphatic carbocycles. The molecule has 0 saturated heterocycles. The third-order valence-corrected chi connectivity index (χ3v) is 3.83. The van der Waals surface area contributed by atoms with Crippen LogP contribution < -0.4 is 4.72 Å². The van der Waals surface area contributed by atoms with Gasteiger partial charge in [-0.15, -0.1) is 11.3 Å². The number of carbonyl (C=O) groups is 1. The lowest BCUT2D eigenvalue weighted by molar-refractivity contribution is -0.136. The summed E-state index contributed by atoms with van der Waals surface area (Å²) in [5.41, 5.74) is 0. The van der Waals surface area contributed by atoms with Crippen molar-refractivity contribution in [2.45, 2.75) is 13.0 Å². The number of hydrogen-bond acceptors (Lipinski definition) is 4. The van der Waals surface area contributed by atoms with Gasteiger partial charge in [-0.25, -0.2) is 13.1 Å². The molecule has 0 radical (unpaired) electrons. The van der Waals surface area contributed by atoms with Gasteiger partial charge in [0, 0.05) is 11.4 Å². The third-order valence-electron chi connectivity index (χ3n) is 1.63. The average molecular weight is 249 g/mol. The van der Waals surface area contributed by atoms with Gasteiger partial charge in [0.15, 0.2) is 0 Å². The van der Waals surface area contributed by atoms with Gasteiger partial charge < -0.3 is 5.11 Å². The van der Waals surface area contributed by atoms with Gasteiger partial charge in [-0.05, 0) is 11.4 Å². The molecule has 1 aromatic heterocycles. The lowest BCUT2D eigenvalue weighted by Gasteiger charge is -2.03. The van der Waals surface area contributed by atoms with Crippen LogP contribution in [0.5, 0.6) is 0 Å². The summed E-state index contributed by atoms with van der Waals surface area (Å²) in [6.45, 7) is 0.222. The molecule has 84 valence electrons. The molecule has 5 nitrogen and oxygen atoms in total. The zero-order valence-electron chi connectivity index (χ0n) is 7.84. The fourth-order valence-electron chi connectivity index (χ4n) is 0.888. The second kappa shape index (κ2) is 5.24. The fraction of sp³-hybridized carbons (Fsp3) is 0.375. The highest BCUT2D eigenvalue weighted by atomic mass is 32.2. The molecule has 0 unspecified atom stereocenters. The number of thiophene rings is 1. The van der Waals surface area contributed by atoms with Crippen LogP contribution in [0.4, 0.5) is 0 Å². The van der Waals surface area contributed by atoms with E-state index in [1.54, 1.807) is 0 Å². The van der Waals surface area contributed by atoms with E-state index in [1.807, 2.05) is 17.5 Å². The highest BCUT2D eigenvalue weighted by Crippen LogP contribution is 2.08. The summed E-state index contributed by atoms with van der Waals surface area (Å²) in [5.74, 6) is -1.50. The zero-order valence-corrected chi connectivity index (χ0v) is 9.47. The van der Waals surface area contributed by atoms with E-state index in [4.69, 9.17) is 5.11 Å². The predicted molar refractivity (Wildman–Crippen MR) is 57.2 cm³/mol. The summed E-state index contributed by atoms with van der Waals surface area (Å²) in [6, 6.07) is 3.63. The highest BCUT2D eigenvalue weighted by molar-refractivity contribution is 7.89. The maximum Gasteiger partial charge on any atom is 0.304 e. The Morgan fingerprint density at radius 1 is 1.53 bits per heavy atom. The van der Waals surface area contributed by atoms with Gasteiger partial charge in [0.25, 0.3) is 0 Å². The van der Waals surface area contributed by atoms with Crippen LogP contribution in [-0.4, -0.2) is 25.2 Å². The van der Waals surface area contributed by atoms with Gasteiger partial charge in [-0.3, -0.25) is 4.79 Å². The topological polar surface area (TPSA) is 83.5 Å². The maximum absolute atomic E-state index is 11.3. The van der Waals surface area contributed by atoms with Crippen molar-refractivity contribution < 1.29 is 18.3 Å². The summed E-state index contributed by atoms with van der Waals surface area (Å²) >= 11 is 1.44. The molecule has 1 heterocycles. The van der Waals surface area contributed by atoms with Gasteiger partial charge in [0.2, 0.25) is 10.0 Å². The standard InChI is InChI=1S/C8H11NO4S2/c10-8(11)3-5-15(12,13)9-6-7-2-1-4-14-7/h1-2,4,9H,3,5-6H2,(H,10,11). The number of carboxylic acid groups (broad SMARTS) is 1. The SMILES string of the molecule is O=C(O)CCS(=O)(=O)NCc1cccs1. The van der Waals surface area contributed by atoms with Crippen molar-refractivity contribution in [2.24, 2.45) is 0 Å². The van der Waals surface area contributed by atoms with Gasteiger partial charge in [0.1, 0.15) is 0 Å². The molecule has 0 aromatic carbocycles. The minimum atomic E-state index is -3.48. The second-order valence-electron chi connectivity index (χ2n) is 2.86. The molecule has 2 N–H and O–H groups in total. The Hall–Kier alpha value is -0.920. The monoisotopic (exact) mass is 249 g/mol. The molecule has 0 atom stereocenters. The Kier molecular flexibility index (Phi) is 4.25. The first-order chi connectivity index (χ1) is 6.99. The van der Waals surface area contributed by atoms with E-state index >= 15 is 0 Å². The summed E-state index contributed by atoms with van der Waals surface area (Å²) in [7, 11) is -3.48. The normalized spacial score (nSPS) is 11.5. The first kappa shape index (κ1) is 12.2. The molecular formula is C8H11NO4S2. The van der Waals surface area contributed by atoms with Crippen molar-refractivity contribution in [1.29, 1.82) is 0 Å². The van der Waals surface area contributed by atoms with Crippen LogP contribution in [0.15, 0.2) is 17.5 Å². The van der Waals surface area contributed by atoms with E-state index in [2.05, 4.69) is 4.72 Å². The Morgan fingerprint density at radius 3 is 2.80 bits per heavy atom. The quantitative estimate of drug-likeness (QED) is 0.775. The Morgan fingerprint density at radius 2 is 2.27 bits per heavy atom. The molecule has 0 spiro atoms. The molecule has 0 amide bonds. The summed E-state index contributed by atoms with van der Waals surface area (Å²) in [5, 5.41) is 10.2. The molecule has 0 aliphatic heterocycles. The summed E-state index contributed by atoms with van der Waals surface area (Å²) < 4.78 is 24.9. The first-order valence-corrected chi connectivity index (χ1v) is 6.74. The molecule has 0 saturated carbocycles. The maximum atomic E-state index is 11.3. The predicted octanol–water partition coefficient (Wildman–Crippen LogP) is 0.642. The Labute approximate surface area is 91.8 Å². The van der Waals surface area contributed by atoms with Crippen molar-refractivity contribution in [3.8, 4) is 0 Å². The number of carboxylic acids is 1. The van der Waals surface area contributed by atoms with Crippen molar-refractivity contribution >= 4 is 27.3 Å². The first-order valence-electron chi connectivity index (χ1n) is 4.21. The molecule has 1 aromatic rings. The molecule has 15 heavy (non-hydrogen) atoms. The van der Waals surface area contributed by atoms with Gasteiger partial charge >= 0.3 is 5.97 Å². The summed E-state index contributed by atoms with van der Waals surface area (Å²) in [4.78, 5) is 11.1. The largest absolute Gasteiger partial charge is 0.481 e. The minimum absolute atomic E-state index is 0.222. The van der Waals surface area contributed by atoms with Gasteiger partial charge in [0.05, 0.1) is 12.2 Å². The molecular weight excluding hydrogens is 238 g/mol. The average Bonchev–Trinajstić information content (AvgIpc) is 2.65. The molecule has 0 bridgehead atoms. The molecule has 1 rings (SSSR count). The second-order valence-corrected chi connectivity index (χ2v) is 5.82. The highest BCUT2D eigenvalue weighted by Gasteiger charge is 2.12. The van der Waals surface area contributed by atoms with Crippen LogP contribution in [0.3, 0.4) is 0 Å². The number of aliphatic carboxylic acids is 1. The molecule has 7 heteroatoms. The third kappa shape index (κ3) is 4.91. The lowest BCUT2D eigenvalue weighted by atomic mass is 10.5.